The maximum atomic E-state index is 12.1. The zero-order valence-electron chi connectivity index (χ0n) is 15.1. The van der Waals surface area contributed by atoms with Gasteiger partial charge in [0.25, 0.3) is 0 Å². The Bertz CT molecular complexity index is 765. The average Bonchev–Trinajstić information content (AvgIpc) is 2.68. The third-order valence-electron chi connectivity index (χ3n) is 4.59. The molecule has 0 spiro atoms. The zero-order chi connectivity index (χ0) is 18.4. The molecule has 1 aliphatic rings. The number of nitrogens with zero attached hydrogens (tertiary/aromatic N) is 1. The summed E-state index contributed by atoms with van der Waals surface area (Å²) in [5.41, 5.74) is 3.37. The molecule has 1 aliphatic heterocycles. The maximum absolute atomic E-state index is 12.1. The van der Waals surface area contributed by atoms with E-state index in [0.29, 0.717) is 11.3 Å². The van der Waals surface area contributed by atoms with E-state index in [-0.39, 0.29) is 18.2 Å². The second-order valence-electron chi connectivity index (χ2n) is 6.63. The van der Waals surface area contributed by atoms with Crippen LogP contribution >= 0.6 is 0 Å². The Morgan fingerprint density at radius 3 is 2.38 bits per heavy atom. The van der Waals surface area contributed by atoms with E-state index in [1.165, 1.54) is 31.9 Å². The minimum absolute atomic E-state index is 0.0204. The maximum Gasteiger partial charge on any atom is 0.243 e. The molecule has 1 fully saturated rings. The first kappa shape index (κ1) is 18.0. The summed E-state index contributed by atoms with van der Waals surface area (Å²) in [7, 11) is 0. The van der Waals surface area contributed by atoms with E-state index < -0.39 is 0 Å². The number of anilines is 3. The third kappa shape index (κ3) is 4.85. The van der Waals surface area contributed by atoms with Crippen LogP contribution in [0.1, 0.15) is 36.5 Å². The molecule has 1 heterocycles. The number of hydrogen-bond acceptors (Lipinski definition) is 4. The number of nitrogens with one attached hydrogen (secondary N) is 2. The van der Waals surface area contributed by atoms with Crippen molar-refractivity contribution < 1.29 is 9.59 Å². The van der Waals surface area contributed by atoms with Crippen molar-refractivity contribution in [2.24, 2.45) is 0 Å². The van der Waals surface area contributed by atoms with E-state index in [9.17, 15) is 9.59 Å². The van der Waals surface area contributed by atoms with E-state index in [0.717, 1.165) is 18.8 Å². The van der Waals surface area contributed by atoms with E-state index in [1.807, 2.05) is 12.1 Å². The molecule has 1 amide bonds. The van der Waals surface area contributed by atoms with Gasteiger partial charge in [-0.3, -0.25) is 9.59 Å². The lowest BCUT2D eigenvalue weighted by Gasteiger charge is -2.28. The van der Waals surface area contributed by atoms with E-state index in [1.54, 1.807) is 24.3 Å². The third-order valence-corrected chi connectivity index (χ3v) is 4.59. The first-order valence-corrected chi connectivity index (χ1v) is 9.11. The Morgan fingerprint density at radius 1 is 0.962 bits per heavy atom. The Kier molecular flexibility index (Phi) is 5.89. The SMILES string of the molecule is CC(=O)c1cccc(NC(=O)CNc2ccc(N3CCCCC3)cc2)c1. The molecule has 0 saturated carbocycles. The first-order chi connectivity index (χ1) is 12.6. The zero-order valence-corrected chi connectivity index (χ0v) is 15.1. The Labute approximate surface area is 154 Å². The molecular weight excluding hydrogens is 326 g/mol. The lowest BCUT2D eigenvalue weighted by Crippen LogP contribution is -2.29. The van der Waals surface area contributed by atoms with E-state index in [4.69, 9.17) is 0 Å². The standard InChI is InChI=1S/C21H25N3O2/c1-16(25)17-6-5-7-19(14-17)23-21(26)15-22-18-8-10-20(11-9-18)24-12-3-2-4-13-24/h5-11,14,22H,2-4,12-13,15H2,1H3,(H,23,26). The first-order valence-electron chi connectivity index (χ1n) is 9.11. The molecule has 136 valence electrons. The van der Waals surface area contributed by atoms with Crippen LogP contribution in [0.2, 0.25) is 0 Å². The van der Waals surface area contributed by atoms with Gasteiger partial charge in [-0.2, -0.15) is 0 Å². The number of carbonyl (C=O) groups is 2. The smallest absolute Gasteiger partial charge is 0.243 e. The summed E-state index contributed by atoms with van der Waals surface area (Å²) in [4.78, 5) is 25.9. The van der Waals surface area contributed by atoms with Crippen LogP contribution in [0.5, 0.6) is 0 Å². The summed E-state index contributed by atoms with van der Waals surface area (Å²) in [5, 5.41) is 5.94. The molecule has 5 heteroatoms. The quantitative estimate of drug-likeness (QED) is 0.774. The van der Waals surface area contributed by atoms with Crippen LogP contribution in [-0.2, 0) is 4.79 Å². The number of benzene rings is 2. The van der Waals surface area contributed by atoms with Crippen LogP contribution in [0.4, 0.5) is 17.1 Å². The number of piperidine rings is 1. The topological polar surface area (TPSA) is 61.4 Å². The minimum Gasteiger partial charge on any atom is -0.376 e. The summed E-state index contributed by atoms with van der Waals surface area (Å²) in [6.07, 6.45) is 3.83. The van der Waals surface area contributed by atoms with Crippen molar-refractivity contribution in [3.05, 3.63) is 54.1 Å². The molecule has 0 aliphatic carbocycles. The van der Waals surface area contributed by atoms with E-state index >= 15 is 0 Å². The van der Waals surface area contributed by atoms with Crippen molar-refractivity contribution in [2.45, 2.75) is 26.2 Å². The molecule has 3 rings (SSSR count). The number of amides is 1. The largest absolute Gasteiger partial charge is 0.376 e. The summed E-state index contributed by atoms with van der Waals surface area (Å²) < 4.78 is 0. The second kappa shape index (κ2) is 8.52. The fourth-order valence-electron chi connectivity index (χ4n) is 3.15. The van der Waals surface area contributed by atoms with Crippen LogP contribution in [0.25, 0.3) is 0 Å². The average molecular weight is 351 g/mol. The van der Waals surface area contributed by atoms with Crippen molar-refractivity contribution >= 4 is 28.8 Å². The van der Waals surface area contributed by atoms with Gasteiger partial charge in [-0.1, -0.05) is 12.1 Å². The van der Waals surface area contributed by atoms with Crippen molar-refractivity contribution in [3.8, 4) is 0 Å². The lowest BCUT2D eigenvalue weighted by atomic mass is 10.1. The number of ketones is 1. The highest BCUT2D eigenvalue weighted by Crippen LogP contribution is 2.21. The number of carbonyl (C=O) groups excluding carboxylic acids is 2. The highest BCUT2D eigenvalue weighted by molar-refractivity contribution is 5.98. The molecule has 2 aromatic rings. The van der Waals surface area contributed by atoms with Crippen molar-refractivity contribution in [1.82, 2.24) is 0 Å². The van der Waals surface area contributed by atoms with Crippen molar-refractivity contribution in [3.63, 3.8) is 0 Å². The van der Waals surface area contributed by atoms with Gasteiger partial charge in [-0.15, -0.1) is 0 Å². The summed E-state index contributed by atoms with van der Waals surface area (Å²) >= 11 is 0. The van der Waals surface area contributed by atoms with Gasteiger partial charge in [0.1, 0.15) is 0 Å². The number of Topliss-reactive ketones (excluding diaryl/α,β-unsaturated/α-hetero) is 1. The molecule has 0 bridgehead atoms. The molecule has 1 saturated heterocycles. The van der Waals surface area contributed by atoms with Gasteiger partial charge in [-0.05, 0) is 62.6 Å². The van der Waals surface area contributed by atoms with Gasteiger partial charge in [-0.25, -0.2) is 0 Å². The molecule has 26 heavy (non-hydrogen) atoms. The predicted molar refractivity (Wildman–Crippen MR) is 106 cm³/mol. The summed E-state index contributed by atoms with van der Waals surface area (Å²) in [5.74, 6) is -0.168. The predicted octanol–water partition coefficient (Wildman–Crippen LogP) is 3.93. The van der Waals surface area contributed by atoms with Gasteiger partial charge >= 0.3 is 0 Å². The molecule has 2 aromatic carbocycles. The highest BCUT2D eigenvalue weighted by atomic mass is 16.2. The Hall–Kier alpha value is -2.82. The van der Waals surface area contributed by atoms with Crippen molar-refractivity contribution in [1.29, 1.82) is 0 Å². The molecule has 0 unspecified atom stereocenters. The molecular formula is C21H25N3O2. The number of hydrogen-bond donors (Lipinski definition) is 2. The molecule has 0 aromatic heterocycles. The highest BCUT2D eigenvalue weighted by Gasteiger charge is 2.10. The number of rotatable bonds is 6. The van der Waals surface area contributed by atoms with Gasteiger partial charge in [0.2, 0.25) is 5.91 Å². The normalized spacial score (nSPS) is 14.0. The molecule has 2 N–H and O–H groups in total. The fraction of sp³-hybridized carbons (Fsp3) is 0.333. The van der Waals surface area contributed by atoms with Gasteiger partial charge in [0.05, 0.1) is 6.54 Å². The Balaban J connectivity index is 1.51. The second-order valence-corrected chi connectivity index (χ2v) is 6.63. The fourth-order valence-corrected chi connectivity index (χ4v) is 3.15. The van der Waals surface area contributed by atoms with Crippen LogP contribution in [0.15, 0.2) is 48.5 Å². The van der Waals surface area contributed by atoms with Crippen molar-refractivity contribution in [2.75, 3.05) is 35.2 Å². The summed E-state index contributed by atoms with van der Waals surface area (Å²) in [6.45, 7) is 3.92. The molecule has 5 nitrogen and oxygen atoms in total. The van der Waals surface area contributed by atoms with Gasteiger partial charge < -0.3 is 15.5 Å². The van der Waals surface area contributed by atoms with Gasteiger partial charge in [0.15, 0.2) is 5.78 Å². The lowest BCUT2D eigenvalue weighted by molar-refractivity contribution is -0.114. The Morgan fingerprint density at radius 2 is 1.69 bits per heavy atom. The van der Waals surface area contributed by atoms with Crippen LogP contribution in [0, 0.1) is 0 Å². The van der Waals surface area contributed by atoms with Crippen LogP contribution in [-0.4, -0.2) is 31.3 Å². The monoisotopic (exact) mass is 351 g/mol. The minimum atomic E-state index is -0.147. The van der Waals surface area contributed by atoms with Gasteiger partial charge in [0, 0.05) is 35.7 Å². The van der Waals surface area contributed by atoms with Crippen LogP contribution < -0.4 is 15.5 Å². The van der Waals surface area contributed by atoms with Crippen LogP contribution in [0.3, 0.4) is 0 Å². The van der Waals surface area contributed by atoms with E-state index in [2.05, 4.69) is 27.7 Å². The molecule has 0 atom stereocenters. The summed E-state index contributed by atoms with van der Waals surface area (Å²) in [6, 6.07) is 15.2. The molecule has 0 radical (unpaired) electrons.